The largest absolute Gasteiger partial charge is 0.478 e. The van der Waals surface area contributed by atoms with Crippen molar-refractivity contribution in [3.8, 4) is 22.5 Å². The molecule has 0 saturated heterocycles. The first-order chi connectivity index (χ1) is 16.2. The number of fused-ring (bicyclic) bond motifs is 2. The quantitative estimate of drug-likeness (QED) is 0.326. The van der Waals surface area contributed by atoms with Gasteiger partial charge in [0.05, 0.1) is 16.5 Å². The fourth-order valence-corrected chi connectivity index (χ4v) is 4.27. The van der Waals surface area contributed by atoms with Crippen LogP contribution in [0.25, 0.3) is 33.4 Å². The van der Waals surface area contributed by atoms with Gasteiger partial charge in [0.1, 0.15) is 11.3 Å². The Balaban J connectivity index is 2.19. The van der Waals surface area contributed by atoms with E-state index in [-0.39, 0.29) is 11.1 Å². The number of aromatic carboxylic acids is 2. The lowest BCUT2D eigenvalue weighted by Crippen LogP contribution is -2.10. The molecule has 1 aliphatic carbocycles. The highest BCUT2D eigenvalue weighted by atomic mass is 16.4. The molecule has 0 spiro atoms. The molecule has 0 aromatic heterocycles. The van der Waals surface area contributed by atoms with Crippen LogP contribution in [-0.4, -0.2) is 35.2 Å². The normalized spacial score (nSPS) is 11.8. The van der Waals surface area contributed by atoms with Crippen LogP contribution in [0.2, 0.25) is 0 Å². The van der Waals surface area contributed by atoms with Gasteiger partial charge in [-0.25, -0.2) is 9.59 Å². The Morgan fingerprint density at radius 2 is 1.71 bits per heavy atom. The number of hydrogen-bond acceptors (Lipinski definition) is 5. The SMILES string of the molecule is CCN=c1cc2oc3cc(NCC)c(C)cc3c(-c3ccc(C(=O)O)cc3C(=O)O)c-2cc1C. The second kappa shape index (κ2) is 9.02. The average Bonchev–Trinajstić information content (AvgIpc) is 2.79. The van der Waals surface area contributed by atoms with Crippen LogP contribution in [-0.2, 0) is 0 Å². The van der Waals surface area contributed by atoms with Crippen LogP contribution in [0, 0.1) is 13.8 Å². The average molecular weight is 459 g/mol. The lowest BCUT2D eigenvalue weighted by atomic mass is 9.88. The van der Waals surface area contributed by atoms with Crippen molar-refractivity contribution in [3.63, 3.8) is 0 Å². The molecule has 0 unspecified atom stereocenters. The number of rotatable bonds is 6. The van der Waals surface area contributed by atoms with Crippen molar-refractivity contribution >= 4 is 28.6 Å². The Hall–Kier alpha value is -4.13. The number of benzene rings is 3. The zero-order valence-electron chi connectivity index (χ0n) is 19.5. The third-order valence-electron chi connectivity index (χ3n) is 5.85. The number of carboxylic acids is 2. The first-order valence-corrected chi connectivity index (χ1v) is 11.1. The molecule has 174 valence electrons. The van der Waals surface area contributed by atoms with Crippen LogP contribution < -0.4 is 10.7 Å². The Labute approximate surface area is 196 Å². The van der Waals surface area contributed by atoms with E-state index in [9.17, 15) is 19.8 Å². The van der Waals surface area contributed by atoms with Crippen molar-refractivity contribution in [1.29, 1.82) is 0 Å². The lowest BCUT2D eigenvalue weighted by Gasteiger charge is -2.19. The molecule has 1 aliphatic heterocycles. The summed E-state index contributed by atoms with van der Waals surface area (Å²) < 4.78 is 6.31. The number of anilines is 1. The van der Waals surface area contributed by atoms with Crippen LogP contribution >= 0.6 is 0 Å². The molecule has 0 fully saturated rings. The maximum absolute atomic E-state index is 12.2. The topological polar surface area (TPSA) is 112 Å². The van der Waals surface area contributed by atoms with E-state index in [1.807, 2.05) is 52.0 Å². The van der Waals surface area contributed by atoms with Gasteiger partial charge in [0, 0.05) is 47.4 Å². The summed E-state index contributed by atoms with van der Waals surface area (Å²) in [6, 6.07) is 11.9. The molecule has 2 aromatic carbocycles. The highest BCUT2D eigenvalue weighted by molar-refractivity contribution is 6.09. The number of hydrogen-bond donors (Lipinski definition) is 3. The van der Waals surface area contributed by atoms with Crippen molar-refractivity contribution in [2.75, 3.05) is 18.4 Å². The van der Waals surface area contributed by atoms with E-state index in [4.69, 9.17) is 4.42 Å². The second-order valence-corrected chi connectivity index (χ2v) is 8.15. The molecule has 1 heterocycles. The fourth-order valence-electron chi connectivity index (χ4n) is 4.27. The number of nitrogens with zero attached hydrogens (tertiary/aromatic N) is 1. The van der Waals surface area contributed by atoms with Gasteiger partial charge in [-0.3, -0.25) is 4.99 Å². The van der Waals surface area contributed by atoms with E-state index in [0.717, 1.165) is 39.7 Å². The first kappa shape index (κ1) is 23.0. The Morgan fingerprint density at radius 3 is 2.35 bits per heavy atom. The summed E-state index contributed by atoms with van der Waals surface area (Å²) in [5.74, 6) is -1.81. The van der Waals surface area contributed by atoms with Gasteiger partial charge < -0.3 is 19.9 Å². The molecule has 2 aromatic rings. The predicted octanol–water partition coefficient (Wildman–Crippen LogP) is 5.57. The fraction of sp³-hybridized carbons (Fsp3) is 0.222. The van der Waals surface area contributed by atoms with E-state index in [0.29, 0.717) is 29.0 Å². The molecule has 4 rings (SSSR count). The molecular formula is C27H26N2O5. The molecule has 2 aliphatic rings. The zero-order valence-corrected chi connectivity index (χ0v) is 19.5. The van der Waals surface area contributed by atoms with E-state index in [2.05, 4.69) is 10.3 Å². The molecule has 7 heteroatoms. The van der Waals surface area contributed by atoms with Gasteiger partial charge in [-0.15, -0.1) is 0 Å². The minimum Gasteiger partial charge on any atom is -0.478 e. The standard InChI is InChI=1S/C27H26N2O5/c1-5-28-21-12-23-19(9-14(21)3)25(17-8-7-16(26(30)31)11-18(17)27(32)33)20-10-15(4)22(29-6-2)13-24(20)34-23/h7-13,28H,5-6H2,1-4H3,(H,30,31)(H,32,33). The summed E-state index contributed by atoms with van der Waals surface area (Å²) in [7, 11) is 0. The minimum absolute atomic E-state index is 0.0814. The predicted molar refractivity (Wildman–Crippen MR) is 132 cm³/mol. The van der Waals surface area contributed by atoms with E-state index in [1.54, 1.807) is 6.07 Å². The van der Waals surface area contributed by atoms with Crippen LogP contribution in [0.15, 0.2) is 51.9 Å². The summed E-state index contributed by atoms with van der Waals surface area (Å²) in [6.45, 7) is 9.26. The second-order valence-electron chi connectivity index (χ2n) is 8.15. The van der Waals surface area contributed by atoms with E-state index in [1.165, 1.54) is 12.1 Å². The van der Waals surface area contributed by atoms with Crippen molar-refractivity contribution < 1.29 is 24.2 Å². The highest BCUT2D eigenvalue weighted by Gasteiger charge is 2.24. The Kier molecular flexibility index (Phi) is 6.11. The van der Waals surface area contributed by atoms with Crippen molar-refractivity contribution in [3.05, 3.63) is 70.1 Å². The van der Waals surface area contributed by atoms with Crippen LogP contribution in [0.1, 0.15) is 45.7 Å². The smallest absolute Gasteiger partial charge is 0.336 e. The molecule has 7 nitrogen and oxygen atoms in total. The van der Waals surface area contributed by atoms with Crippen LogP contribution in [0.5, 0.6) is 0 Å². The van der Waals surface area contributed by atoms with E-state index < -0.39 is 11.9 Å². The van der Waals surface area contributed by atoms with Gasteiger partial charge in [-0.1, -0.05) is 6.07 Å². The summed E-state index contributed by atoms with van der Waals surface area (Å²) in [6.07, 6.45) is 0. The molecule has 0 atom stereocenters. The molecular weight excluding hydrogens is 432 g/mol. The van der Waals surface area contributed by atoms with Crippen molar-refractivity contribution in [2.24, 2.45) is 4.99 Å². The zero-order chi connectivity index (χ0) is 24.6. The Morgan fingerprint density at radius 1 is 0.941 bits per heavy atom. The van der Waals surface area contributed by atoms with Gasteiger partial charge in [-0.05, 0) is 68.7 Å². The van der Waals surface area contributed by atoms with Crippen LogP contribution in [0.3, 0.4) is 0 Å². The van der Waals surface area contributed by atoms with Gasteiger partial charge in [0.15, 0.2) is 0 Å². The molecule has 3 N–H and O–H groups in total. The first-order valence-electron chi connectivity index (χ1n) is 11.1. The lowest BCUT2D eigenvalue weighted by molar-refractivity contribution is 0.0696. The highest BCUT2D eigenvalue weighted by Crippen LogP contribution is 2.43. The molecule has 34 heavy (non-hydrogen) atoms. The summed E-state index contributed by atoms with van der Waals surface area (Å²) in [5.41, 5.74) is 5.12. The van der Waals surface area contributed by atoms with Gasteiger partial charge in [0.25, 0.3) is 0 Å². The van der Waals surface area contributed by atoms with Gasteiger partial charge in [0.2, 0.25) is 0 Å². The maximum Gasteiger partial charge on any atom is 0.336 e. The molecule has 0 saturated carbocycles. The summed E-state index contributed by atoms with van der Waals surface area (Å²) in [4.78, 5) is 28.3. The number of nitrogens with one attached hydrogen (secondary N) is 1. The Bertz CT molecular complexity index is 1480. The molecule has 0 bridgehead atoms. The van der Waals surface area contributed by atoms with Crippen LogP contribution in [0.4, 0.5) is 5.69 Å². The van der Waals surface area contributed by atoms with Gasteiger partial charge >= 0.3 is 11.9 Å². The summed E-state index contributed by atoms with van der Waals surface area (Å²) in [5, 5.41) is 24.3. The monoisotopic (exact) mass is 458 g/mol. The molecule has 0 amide bonds. The van der Waals surface area contributed by atoms with Gasteiger partial charge in [-0.2, -0.15) is 0 Å². The van der Waals surface area contributed by atoms with E-state index >= 15 is 0 Å². The number of aryl methyl sites for hydroxylation is 2. The van der Waals surface area contributed by atoms with Crippen molar-refractivity contribution in [1.82, 2.24) is 0 Å². The maximum atomic E-state index is 12.2. The number of carboxylic acid groups (broad SMARTS) is 2. The number of carbonyl (C=O) groups is 2. The third kappa shape index (κ3) is 4.01. The molecule has 0 radical (unpaired) electrons. The minimum atomic E-state index is -1.20. The summed E-state index contributed by atoms with van der Waals surface area (Å²) >= 11 is 0. The van der Waals surface area contributed by atoms with Crippen molar-refractivity contribution in [2.45, 2.75) is 27.7 Å². The third-order valence-corrected chi connectivity index (χ3v) is 5.85.